The first-order chi connectivity index (χ1) is 10.5. The zero-order chi connectivity index (χ0) is 15.7. The normalized spacial score (nSPS) is 19.5. The second-order valence-electron chi connectivity index (χ2n) is 5.25. The van der Waals surface area contributed by atoms with Crippen LogP contribution in [0.3, 0.4) is 0 Å². The Morgan fingerprint density at radius 1 is 1.09 bits per heavy atom. The van der Waals surface area contributed by atoms with E-state index in [9.17, 15) is 12.8 Å². The second-order valence-corrected chi connectivity index (χ2v) is 8.06. The lowest BCUT2D eigenvalue weighted by Crippen LogP contribution is -2.31. The average Bonchev–Trinajstić information content (AvgIpc) is 2.98. The quantitative estimate of drug-likeness (QED) is 0.799. The van der Waals surface area contributed by atoms with Crippen molar-refractivity contribution in [2.24, 2.45) is 0 Å². The number of sulfonamides is 1. The van der Waals surface area contributed by atoms with Crippen LogP contribution in [0.1, 0.15) is 24.4 Å². The maximum Gasteiger partial charge on any atom is 0.243 e. The third-order valence-corrected chi connectivity index (χ3v) is 6.34. The molecule has 1 aliphatic heterocycles. The smallest absolute Gasteiger partial charge is 0.207 e. The van der Waals surface area contributed by atoms with Crippen LogP contribution in [0.2, 0.25) is 0 Å². The summed E-state index contributed by atoms with van der Waals surface area (Å²) in [6.45, 7) is 0.414. The molecule has 0 amide bonds. The number of nitrogens with zero attached hydrogens (tertiary/aromatic N) is 1. The Balaban J connectivity index is 1.99. The van der Waals surface area contributed by atoms with Crippen molar-refractivity contribution in [3.8, 4) is 0 Å². The number of rotatable bonds is 3. The lowest BCUT2D eigenvalue weighted by molar-refractivity contribution is 0.386. The van der Waals surface area contributed by atoms with Crippen LogP contribution in [0, 0.1) is 5.82 Å². The van der Waals surface area contributed by atoms with E-state index in [0.717, 1.165) is 10.9 Å². The summed E-state index contributed by atoms with van der Waals surface area (Å²) < 4.78 is 41.9. The molecule has 0 aliphatic carbocycles. The topological polar surface area (TPSA) is 37.4 Å². The van der Waals surface area contributed by atoms with E-state index >= 15 is 0 Å². The van der Waals surface area contributed by atoms with Gasteiger partial charge in [-0.05, 0) is 43.2 Å². The summed E-state index contributed by atoms with van der Waals surface area (Å²) in [5, 5.41) is 0. The van der Waals surface area contributed by atoms with Crippen molar-refractivity contribution in [3.63, 3.8) is 0 Å². The monoisotopic (exact) mass is 383 g/mol. The van der Waals surface area contributed by atoms with Crippen LogP contribution in [0.5, 0.6) is 0 Å². The Kier molecular flexibility index (Phi) is 4.34. The largest absolute Gasteiger partial charge is 0.243 e. The first-order valence-electron chi connectivity index (χ1n) is 7.02. The van der Waals surface area contributed by atoms with Crippen LogP contribution in [0.15, 0.2) is 57.9 Å². The molecule has 0 N–H and O–H groups in total. The molecule has 2 aromatic rings. The van der Waals surface area contributed by atoms with Gasteiger partial charge in [0.2, 0.25) is 10.0 Å². The highest BCUT2D eigenvalue weighted by atomic mass is 79.9. The van der Waals surface area contributed by atoms with Crippen molar-refractivity contribution in [1.29, 1.82) is 0 Å². The summed E-state index contributed by atoms with van der Waals surface area (Å²) in [5.41, 5.74) is 0.445. The molecule has 1 fully saturated rings. The van der Waals surface area contributed by atoms with Gasteiger partial charge < -0.3 is 0 Å². The molecule has 2 aromatic carbocycles. The molecule has 1 atom stereocenters. The minimum Gasteiger partial charge on any atom is -0.207 e. The highest BCUT2D eigenvalue weighted by Crippen LogP contribution is 2.37. The highest BCUT2D eigenvalue weighted by molar-refractivity contribution is 9.10. The van der Waals surface area contributed by atoms with E-state index in [1.165, 1.54) is 10.4 Å². The Labute approximate surface area is 137 Å². The van der Waals surface area contributed by atoms with Gasteiger partial charge in [0.1, 0.15) is 5.82 Å². The van der Waals surface area contributed by atoms with Crippen molar-refractivity contribution >= 4 is 26.0 Å². The van der Waals surface area contributed by atoms with Gasteiger partial charge >= 0.3 is 0 Å². The molecule has 0 aromatic heterocycles. The summed E-state index contributed by atoms with van der Waals surface area (Å²) in [6, 6.07) is 12.5. The van der Waals surface area contributed by atoms with Gasteiger partial charge in [-0.15, -0.1) is 0 Å². The van der Waals surface area contributed by atoms with Crippen LogP contribution in [-0.4, -0.2) is 19.3 Å². The lowest BCUT2D eigenvalue weighted by atomic mass is 10.1. The first-order valence-corrected chi connectivity index (χ1v) is 9.25. The van der Waals surface area contributed by atoms with Crippen LogP contribution in [0.25, 0.3) is 0 Å². The van der Waals surface area contributed by atoms with Gasteiger partial charge in [0.25, 0.3) is 0 Å². The van der Waals surface area contributed by atoms with Crippen LogP contribution < -0.4 is 0 Å². The van der Waals surface area contributed by atoms with E-state index in [2.05, 4.69) is 15.9 Å². The number of hydrogen-bond acceptors (Lipinski definition) is 2. The van der Waals surface area contributed by atoms with E-state index in [1.54, 1.807) is 42.5 Å². The molecule has 0 saturated carbocycles. The fourth-order valence-corrected chi connectivity index (χ4v) is 4.76. The Bertz CT molecular complexity index is 777. The number of benzene rings is 2. The zero-order valence-corrected chi connectivity index (χ0v) is 14.1. The molecule has 0 spiro atoms. The van der Waals surface area contributed by atoms with Gasteiger partial charge in [0, 0.05) is 16.6 Å². The molecule has 6 heteroatoms. The minimum absolute atomic E-state index is 0.235. The molecule has 1 aliphatic rings. The summed E-state index contributed by atoms with van der Waals surface area (Å²) in [6.07, 6.45) is 1.37. The minimum atomic E-state index is -3.62. The third-order valence-electron chi connectivity index (χ3n) is 3.89. The molecule has 1 heterocycles. The maximum absolute atomic E-state index is 14.0. The van der Waals surface area contributed by atoms with E-state index in [1.807, 2.05) is 0 Å². The van der Waals surface area contributed by atoms with Crippen LogP contribution in [0.4, 0.5) is 4.39 Å². The summed E-state index contributed by atoms with van der Waals surface area (Å²) in [7, 11) is -3.62. The van der Waals surface area contributed by atoms with Crippen LogP contribution in [-0.2, 0) is 10.0 Å². The lowest BCUT2D eigenvalue weighted by Gasteiger charge is -2.24. The predicted molar refractivity (Wildman–Crippen MR) is 86.4 cm³/mol. The Morgan fingerprint density at radius 2 is 1.77 bits per heavy atom. The van der Waals surface area contributed by atoms with Gasteiger partial charge in [0.15, 0.2) is 0 Å². The average molecular weight is 384 g/mol. The van der Waals surface area contributed by atoms with Gasteiger partial charge in [-0.25, -0.2) is 12.8 Å². The summed E-state index contributed by atoms with van der Waals surface area (Å²) in [4.78, 5) is 0.235. The molecule has 0 radical (unpaired) electrons. The van der Waals surface area contributed by atoms with E-state index in [-0.39, 0.29) is 10.7 Å². The van der Waals surface area contributed by atoms with Crippen molar-refractivity contribution < 1.29 is 12.8 Å². The molecule has 3 rings (SSSR count). The van der Waals surface area contributed by atoms with Gasteiger partial charge in [0.05, 0.1) is 10.9 Å². The fraction of sp³-hybridized carbons (Fsp3) is 0.250. The molecule has 3 nitrogen and oxygen atoms in total. The molecule has 22 heavy (non-hydrogen) atoms. The van der Waals surface area contributed by atoms with Crippen molar-refractivity contribution in [3.05, 3.63) is 64.4 Å². The molecule has 116 valence electrons. The summed E-state index contributed by atoms with van der Waals surface area (Å²) in [5.74, 6) is -0.356. The van der Waals surface area contributed by atoms with E-state index < -0.39 is 16.1 Å². The van der Waals surface area contributed by atoms with Crippen LogP contribution >= 0.6 is 15.9 Å². The molecular formula is C16H15BrFNO2S. The van der Waals surface area contributed by atoms with Gasteiger partial charge in [-0.3, -0.25) is 0 Å². The third kappa shape index (κ3) is 2.83. The van der Waals surface area contributed by atoms with Crippen molar-refractivity contribution in [1.82, 2.24) is 4.31 Å². The fourth-order valence-electron chi connectivity index (χ4n) is 2.83. The molecule has 1 unspecified atom stereocenters. The number of halogens is 2. The predicted octanol–water partition coefficient (Wildman–Crippen LogP) is 4.11. The first kappa shape index (κ1) is 15.6. The SMILES string of the molecule is O=S(=O)(c1ccc(Br)cc1)N1CCCC1c1ccccc1F. The molecule has 0 bridgehead atoms. The van der Waals surface area contributed by atoms with E-state index in [0.29, 0.717) is 18.5 Å². The molecule has 1 saturated heterocycles. The van der Waals surface area contributed by atoms with Gasteiger partial charge in [-0.1, -0.05) is 34.1 Å². The Morgan fingerprint density at radius 3 is 2.45 bits per heavy atom. The van der Waals surface area contributed by atoms with Crippen molar-refractivity contribution in [2.45, 2.75) is 23.8 Å². The molecular weight excluding hydrogens is 369 g/mol. The van der Waals surface area contributed by atoms with E-state index in [4.69, 9.17) is 0 Å². The van der Waals surface area contributed by atoms with Gasteiger partial charge in [-0.2, -0.15) is 4.31 Å². The highest BCUT2D eigenvalue weighted by Gasteiger charge is 2.37. The maximum atomic E-state index is 14.0. The number of hydrogen-bond donors (Lipinski definition) is 0. The van der Waals surface area contributed by atoms with Crippen molar-refractivity contribution in [2.75, 3.05) is 6.54 Å². The Hall–Kier alpha value is -1.24. The summed E-state index contributed by atoms with van der Waals surface area (Å²) >= 11 is 3.30. The second kappa shape index (κ2) is 6.10. The standard InChI is InChI=1S/C16H15BrFNO2S/c17-12-7-9-13(10-8-12)22(20,21)19-11-3-6-16(19)14-4-1-2-5-15(14)18/h1-2,4-5,7-10,16H,3,6,11H2. The zero-order valence-electron chi connectivity index (χ0n) is 11.7.